The number of rotatable bonds is 2. The lowest BCUT2D eigenvalue weighted by molar-refractivity contribution is 0.0601. The minimum Gasteiger partial charge on any atom is -0.465 e. The van der Waals surface area contributed by atoms with Gasteiger partial charge in [0.05, 0.1) is 29.5 Å². The van der Waals surface area contributed by atoms with Crippen LogP contribution in [0, 0.1) is 0 Å². The first-order valence-electron chi connectivity index (χ1n) is 4.93. The first-order chi connectivity index (χ1) is 7.63. The first-order valence-corrected chi connectivity index (χ1v) is 5.31. The molecule has 1 aliphatic heterocycles. The summed E-state index contributed by atoms with van der Waals surface area (Å²) in [6, 6.07) is 5.19. The molecule has 86 valence electrons. The van der Waals surface area contributed by atoms with Gasteiger partial charge in [-0.25, -0.2) is 4.79 Å². The lowest BCUT2D eigenvalue weighted by Gasteiger charge is -2.38. The van der Waals surface area contributed by atoms with E-state index in [2.05, 4.69) is 4.74 Å². The molecule has 0 aromatic heterocycles. The Balaban J connectivity index is 2.30. The highest BCUT2D eigenvalue weighted by Gasteiger charge is 2.27. The number of benzene rings is 1. The molecule has 0 aliphatic carbocycles. The van der Waals surface area contributed by atoms with E-state index in [-0.39, 0.29) is 6.10 Å². The number of aliphatic hydroxyl groups is 1. The number of carbonyl (C=O) groups excluding carboxylic acids is 1. The molecule has 1 aliphatic rings. The smallest absolute Gasteiger partial charge is 0.339 e. The van der Waals surface area contributed by atoms with Gasteiger partial charge in [-0.05, 0) is 12.1 Å². The van der Waals surface area contributed by atoms with Gasteiger partial charge in [-0.3, -0.25) is 0 Å². The van der Waals surface area contributed by atoms with Gasteiger partial charge in [0.25, 0.3) is 0 Å². The molecular weight excluding hydrogens is 230 g/mol. The molecule has 0 atom stereocenters. The summed E-state index contributed by atoms with van der Waals surface area (Å²) in [4.78, 5) is 13.3. The fourth-order valence-corrected chi connectivity index (χ4v) is 2.01. The Morgan fingerprint density at radius 1 is 1.56 bits per heavy atom. The third-order valence-corrected chi connectivity index (χ3v) is 2.98. The SMILES string of the molecule is COC(=O)c1cccc(N2CC(O)C2)c1Cl. The standard InChI is InChI=1S/C11H12ClNO3/c1-16-11(15)8-3-2-4-9(10(8)12)13-5-7(14)6-13/h2-4,7,14H,5-6H2,1H3. The summed E-state index contributed by atoms with van der Waals surface area (Å²) in [5, 5.41) is 9.59. The lowest BCUT2D eigenvalue weighted by Crippen LogP contribution is -2.51. The van der Waals surface area contributed by atoms with E-state index in [1.807, 2.05) is 11.0 Å². The zero-order chi connectivity index (χ0) is 11.7. The van der Waals surface area contributed by atoms with Crippen LogP contribution in [-0.4, -0.2) is 37.4 Å². The second-order valence-corrected chi connectivity index (χ2v) is 4.07. The van der Waals surface area contributed by atoms with Crippen LogP contribution in [0.25, 0.3) is 0 Å². The van der Waals surface area contributed by atoms with Crippen molar-refractivity contribution in [3.05, 3.63) is 28.8 Å². The summed E-state index contributed by atoms with van der Waals surface area (Å²) in [6.07, 6.45) is -0.308. The fraction of sp³-hybridized carbons (Fsp3) is 0.364. The fourth-order valence-electron chi connectivity index (χ4n) is 1.68. The average Bonchev–Trinajstić information content (AvgIpc) is 2.25. The molecule has 1 aromatic carbocycles. The van der Waals surface area contributed by atoms with Crippen LogP contribution in [0.4, 0.5) is 5.69 Å². The van der Waals surface area contributed by atoms with Crippen LogP contribution in [0.1, 0.15) is 10.4 Å². The van der Waals surface area contributed by atoms with Crippen molar-refractivity contribution in [1.82, 2.24) is 0 Å². The summed E-state index contributed by atoms with van der Waals surface area (Å²) in [6.45, 7) is 1.09. The van der Waals surface area contributed by atoms with Gasteiger partial charge in [0.15, 0.2) is 0 Å². The van der Waals surface area contributed by atoms with Gasteiger partial charge in [-0.15, -0.1) is 0 Å². The van der Waals surface area contributed by atoms with E-state index in [0.717, 1.165) is 5.69 Å². The summed E-state index contributed by atoms with van der Waals surface area (Å²) in [7, 11) is 1.32. The predicted octanol–water partition coefficient (Wildman–Crippen LogP) is 1.31. The van der Waals surface area contributed by atoms with Crippen molar-refractivity contribution in [2.24, 2.45) is 0 Å². The second kappa shape index (κ2) is 4.31. The number of anilines is 1. The van der Waals surface area contributed by atoms with Crippen LogP contribution in [0.5, 0.6) is 0 Å². The molecule has 16 heavy (non-hydrogen) atoms. The highest BCUT2D eigenvalue weighted by atomic mass is 35.5. The van der Waals surface area contributed by atoms with Crippen molar-refractivity contribution in [3.63, 3.8) is 0 Å². The van der Waals surface area contributed by atoms with E-state index < -0.39 is 5.97 Å². The van der Waals surface area contributed by atoms with Gasteiger partial charge in [-0.2, -0.15) is 0 Å². The molecule has 0 unspecified atom stereocenters. The van der Waals surface area contributed by atoms with Crippen LogP contribution < -0.4 is 4.90 Å². The largest absolute Gasteiger partial charge is 0.465 e. The number of methoxy groups -OCH3 is 1. The highest BCUT2D eigenvalue weighted by molar-refractivity contribution is 6.36. The normalized spacial score (nSPS) is 15.8. The summed E-state index contributed by atoms with van der Waals surface area (Å²) < 4.78 is 4.63. The van der Waals surface area contributed by atoms with Gasteiger partial charge in [0.1, 0.15) is 0 Å². The molecule has 1 N–H and O–H groups in total. The quantitative estimate of drug-likeness (QED) is 0.794. The minimum absolute atomic E-state index is 0.308. The van der Waals surface area contributed by atoms with Gasteiger partial charge in [-0.1, -0.05) is 17.7 Å². The Morgan fingerprint density at radius 2 is 2.25 bits per heavy atom. The van der Waals surface area contributed by atoms with Crippen LogP contribution in [0.15, 0.2) is 18.2 Å². The van der Waals surface area contributed by atoms with Crippen molar-refractivity contribution in [2.45, 2.75) is 6.10 Å². The lowest BCUT2D eigenvalue weighted by atomic mass is 10.1. The van der Waals surface area contributed by atoms with Gasteiger partial charge < -0.3 is 14.7 Å². The second-order valence-electron chi connectivity index (χ2n) is 3.69. The van der Waals surface area contributed by atoms with Crippen LogP contribution in [0.2, 0.25) is 5.02 Å². The van der Waals surface area contributed by atoms with Gasteiger partial charge >= 0.3 is 5.97 Å². The zero-order valence-electron chi connectivity index (χ0n) is 8.81. The molecule has 0 amide bonds. The maximum atomic E-state index is 11.4. The Labute approximate surface area is 98.4 Å². The molecule has 0 saturated carbocycles. The molecule has 4 nitrogen and oxygen atoms in total. The monoisotopic (exact) mass is 241 g/mol. The molecule has 0 radical (unpaired) electrons. The third kappa shape index (κ3) is 1.86. The Hall–Kier alpha value is -1.26. The number of nitrogens with zero attached hydrogens (tertiary/aromatic N) is 1. The van der Waals surface area contributed by atoms with Crippen molar-refractivity contribution < 1.29 is 14.6 Å². The van der Waals surface area contributed by atoms with Crippen molar-refractivity contribution in [2.75, 3.05) is 25.1 Å². The van der Waals surface area contributed by atoms with E-state index in [1.54, 1.807) is 12.1 Å². The number of halogens is 1. The Bertz CT molecular complexity index is 416. The van der Waals surface area contributed by atoms with Crippen LogP contribution in [0.3, 0.4) is 0 Å². The zero-order valence-corrected chi connectivity index (χ0v) is 9.57. The first kappa shape index (κ1) is 11.2. The van der Waals surface area contributed by atoms with Crippen LogP contribution >= 0.6 is 11.6 Å². The van der Waals surface area contributed by atoms with E-state index in [1.165, 1.54) is 7.11 Å². The molecule has 2 rings (SSSR count). The van der Waals surface area contributed by atoms with E-state index in [9.17, 15) is 9.90 Å². The number of aliphatic hydroxyl groups excluding tert-OH is 1. The van der Waals surface area contributed by atoms with Crippen molar-refractivity contribution >= 4 is 23.3 Å². The van der Waals surface area contributed by atoms with E-state index in [0.29, 0.717) is 23.7 Å². The summed E-state index contributed by atoms with van der Waals surface area (Å²) in [5.41, 5.74) is 1.11. The average molecular weight is 242 g/mol. The van der Waals surface area contributed by atoms with E-state index >= 15 is 0 Å². The maximum Gasteiger partial charge on any atom is 0.339 e. The molecule has 0 bridgehead atoms. The van der Waals surface area contributed by atoms with Gasteiger partial charge in [0, 0.05) is 13.1 Å². The molecule has 1 saturated heterocycles. The van der Waals surface area contributed by atoms with Crippen LogP contribution in [-0.2, 0) is 4.74 Å². The minimum atomic E-state index is -0.451. The van der Waals surface area contributed by atoms with Crippen molar-refractivity contribution in [3.8, 4) is 0 Å². The number of ether oxygens (including phenoxy) is 1. The van der Waals surface area contributed by atoms with Crippen molar-refractivity contribution in [1.29, 1.82) is 0 Å². The Morgan fingerprint density at radius 3 is 2.81 bits per heavy atom. The number of hydrogen-bond acceptors (Lipinski definition) is 4. The predicted molar refractivity (Wildman–Crippen MR) is 61.0 cm³/mol. The molecule has 1 heterocycles. The molecule has 0 spiro atoms. The summed E-state index contributed by atoms with van der Waals surface area (Å²) in [5.74, 6) is -0.451. The van der Waals surface area contributed by atoms with E-state index in [4.69, 9.17) is 11.6 Å². The number of β-amino-alcohol motifs (C(OH)–C–C–N with tert-alkyl or cyclic N) is 1. The Kier molecular flexibility index (Phi) is 3.03. The molecule has 5 heteroatoms. The highest BCUT2D eigenvalue weighted by Crippen LogP contribution is 2.32. The number of esters is 1. The van der Waals surface area contributed by atoms with Gasteiger partial charge in [0.2, 0.25) is 0 Å². The topological polar surface area (TPSA) is 49.8 Å². The molecule has 1 aromatic rings. The maximum absolute atomic E-state index is 11.4. The number of hydrogen-bond donors (Lipinski definition) is 1. The number of carbonyl (C=O) groups is 1. The molecule has 1 fully saturated rings. The summed E-state index contributed by atoms with van der Waals surface area (Å²) >= 11 is 6.11. The molecular formula is C11H12ClNO3. The third-order valence-electron chi connectivity index (χ3n) is 2.59.